The summed E-state index contributed by atoms with van der Waals surface area (Å²) in [6.45, 7) is 0.661. The second-order valence-corrected chi connectivity index (χ2v) is 7.67. The molecule has 1 amide bonds. The van der Waals surface area contributed by atoms with Crippen molar-refractivity contribution in [3.8, 4) is 5.69 Å². The van der Waals surface area contributed by atoms with E-state index in [1.807, 2.05) is 41.0 Å². The predicted molar refractivity (Wildman–Crippen MR) is 108 cm³/mol. The predicted octanol–water partition coefficient (Wildman–Crippen LogP) is 3.09. The molecule has 2 aliphatic heterocycles. The number of pyridine rings is 1. The van der Waals surface area contributed by atoms with Crippen LogP contribution in [0.25, 0.3) is 16.6 Å². The lowest BCUT2D eigenvalue weighted by Crippen LogP contribution is -2.60. The van der Waals surface area contributed by atoms with E-state index in [1.54, 1.807) is 18.6 Å². The van der Waals surface area contributed by atoms with Gasteiger partial charge in [-0.15, -0.1) is 0 Å². The Kier molecular flexibility index (Phi) is 4.63. The molecule has 0 radical (unpaired) electrons. The Morgan fingerprint density at radius 3 is 2.57 bits per heavy atom. The lowest BCUT2D eigenvalue weighted by Gasteiger charge is -2.46. The molecule has 0 saturated carbocycles. The summed E-state index contributed by atoms with van der Waals surface area (Å²) in [7, 11) is 0. The Morgan fingerprint density at radius 2 is 1.87 bits per heavy atom. The zero-order chi connectivity index (χ0) is 20.7. The molecule has 2 aliphatic rings. The highest BCUT2D eigenvalue weighted by atomic mass is 16.5. The number of nitrogens with zero attached hydrogens (tertiary/aromatic N) is 3. The van der Waals surface area contributed by atoms with Gasteiger partial charge in [0.05, 0.1) is 48.3 Å². The van der Waals surface area contributed by atoms with Crippen molar-refractivity contribution in [3.05, 3.63) is 60.6 Å². The third-order valence-electron chi connectivity index (χ3n) is 5.83. The second kappa shape index (κ2) is 7.46. The van der Waals surface area contributed by atoms with Gasteiger partial charge in [-0.3, -0.25) is 9.88 Å². The first kappa shape index (κ1) is 18.6. The van der Waals surface area contributed by atoms with Crippen LogP contribution in [0.5, 0.6) is 0 Å². The van der Waals surface area contributed by atoms with E-state index >= 15 is 0 Å². The van der Waals surface area contributed by atoms with Gasteiger partial charge in [-0.2, -0.15) is 0 Å². The fourth-order valence-electron chi connectivity index (χ4n) is 4.54. The van der Waals surface area contributed by atoms with Crippen molar-refractivity contribution in [2.45, 2.75) is 31.0 Å². The van der Waals surface area contributed by atoms with Gasteiger partial charge < -0.3 is 19.1 Å². The Morgan fingerprint density at radius 1 is 1.10 bits per heavy atom. The highest BCUT2D eigenvalue weighted by Crippen LogP contribution is 2.31. The molecule has 8 heteroatoms. The Bertz CT molecular complexity index is 1080. The van der Waals surface area contributed by atoms with Gasteiger partial charge in [0.1, 0.15) is 6.10 Å². The number of hydrogen-bond donors (Lipinski definition) is 1. The quantitative estimate of drug-likeness (QED) is 0.671. The summed E-state index contributed by atoms with van der Waals surface area (Å²) in [5.74, 6) is -0.401. The molecular formula is C22H21N3O5. The van der Waals surface area contributed by atoms with Crippen LogP contribution in [0.1, 0.15) is 23.2 Å². The molecule has 2 bridgehead atoms. The van der Waals surface area contributed by atoms with Crippen molar-refractivity contribution in [3.63, 3.8) is 0 Å². The van der Waals surface area contributed by atoms with Crippen LogP contribution in [0, 0.1) is 0 Å². The summed E-state index contributed by atoms with van der Waals surface area (Å²) >= 11 is 0. The molecule has 0 aliphatic carbocycles. The minimum absolute atomic E-state index is 0.287. The maximum absolute atomic E-state index is 13.1. The van der Waals surface area contributed by atoms with E-state index in [1.165, 1.54) is 4.90 Å². The number of esters is 1. The number of fused-ring (bicyclic) bond motifs is 3. The fourth-order valence-corrected chi connectivity index (χ4v) is 4.54. The third-order valence-corrected chi connectivity index (χ3v) is 5.83. The minimum atomic E-state index is -0.947. The summed E-state index contributed by atoms with van der Waals surface area (Å²) in [5.41, 5.74) is 2.23. The van der Waals surface area contributed by atoms with Crippen molar-refractivity contribution < 1.29 is 24.2 Å². The SMILES string of the molecule is O=C(OC1CC2COCC(C1)N2C(=O)O)c1cn(-c2cccnc2)c2ccccc12. The van der Waals surface area contributed by atoms with Gasteiger partial charge >= 0.3 is 12.1 Å². The number of benzene rings is 1. The number of ether oxygens (including phenoxy) is 2. The van der Waals surface area contributed by atoms with Crippen LogP contribution < -0.4 is 0 Å². The van der Waals surface area contributed by atoms with Crippen LogP contribution in [0.2, 0.25) is 0 Å². The van der Waals surface area contributed by atoms with Crippen LogP contribution in [0.4, 0.5) is 4.79 Å². The molecule has 8 nitrogen and oxygen atoms in total. The normalized spacial score (nSPS) is 23.3. The molecule has 2 atom stereocenters. The first-order chi connectivity index (χ1) is 14.6. The van der Waals surface area contributed by atoms with Crippen molar-refractivity contribution >= 4 is 23.0 Å². The molecule has 2 unspecified atom stereocenters. The van der Waals surface area contributed by atoms with Gasteiger partial charge in [-0.1, -0.05) is 18.2 Å². The largest absolute Gasteiger partial charge is 0.465 e. The fraction of sp³-hybridized carbons (Fsp3) is 0.318. The highest BCUT2D eigenvalue weighted by Gasteiger charge is 2.43. The highest BCUT2D eigenvalue weighted by molar-refractivity contribution is 6.05. The van der Waals surface area contributed by atoms with Gasteiger partial charge in [-0.05, 0) is 18.2 Å². The average Bonchev–Trinajstić information content (AvgIpc) is 3.13. The van der Waals surface area contributed by atoms with E-state index in [4.69, 9.17) is 9.47 Å². The van der Waals surface area contributed by atoms with Crippen molar-refractivity contribution in [2.24, 2.45) is 0 Å². The average molecular weight is 407 g/mol. The number of carboxylic acid groups (broad SMARTS) is 1. The van der Waals surface area contributed by atoms with E-state index in [9.17, 15) is 14.7 Å². The second-order valence-electron chi connectivity index (χ2n) is 7.67. The molecule has 2 fully saturated rings. The molecule has 2 saturated heterocycles. The van der Waals surface area contributed by atoms with Gasteiger partial charge in [0, 0.05) is 30.6 Å². The number of hydrogen-bond acceptors (Lipinski definition) is 5. The third kappa shape index (κ3) is 3.19. The molecule has 3 aromatic rings. The summed E-state index contributed by atoms with van der Waals surface area (Å²) in [5, 5.41) is 10.3. The molecule has 4 heterocycles. The number of aromatic nitrogens is 2. The summed E-state index contributed by atoms with van der Waals surface area (Å²) < 4.78 is 13.3. The molecule has 154 valence electrons. The van der Waals surface area contributed by atoms with E-state index < -0.39 is 12.1 Å². The van der Waals surface area contributed by atoms with Crippen LogP contribution >= 0.6 is 0 Å². The number of carbonyl (C=O) groups is 2. The Balaban J connectivity index is 1.42. The lowest BCUT2D eigenvalue weighted by molar-refractivity contribution is -0.0943. The number of morpholine rings is 1. The lowest BCUT2D eigenvalue weighted by atomic mass is 9.92. The van der Waals surface area contributed by atoms with Gasteiger partial charge in [0.2, 0.25) is 0 Å². The van der Waals surface area contributed by atoms with E-state index in [2.05, 4.69) is 4.98 Å². The maximum atomic E-state index is 13.1. The maximum Gasteiger partial charge on any atom is 0.407 e. The van der Waals surface area contributed by atoms with Gasteiger partial charge in [0.15, 0.2) is 0 Å². The Labute approximate surface area is 172 Å². The zero-order valence-corrected chi connectivity index (χ0v) is 16.2. The molecule has 30 heavy (non-hydrogen) atoms. The first-order valence-corrected chi connectivity index (χ1v) is 9.92. The number of amides is 1. The van der Waals surface area contributed by atoms with Crippen molar-refractivity contribution in [1.82, 2.24) is 14.5 Å². The number of para-hydroxylation sites is 1. The number of rotatable bonds is 3. The van der Waals surface area contributed by atoms with E-state index in [0.29, 0.717) is 31.6 Å². The van der Waals surface area contributed by atoms with Crippen LogP contribution in [0.15, 0.2) is 55.0 Å². The molecule has 5 rings (SSSR count). The number of piperidine rings is 1. The monoisotopic (exact) mass is 407 g/mol. The minimum Gasteiger partial charge on any atom is -0.465 e. The molecular weight excluding hydrogens is 386 g/mol. The van der Waals surface area contributed by atoms with Gasteiger partial charge in [0.25, 0.3) is 0 Å². The molecule has 1 N–H and O–H groups in total. The topological polar surface area (TPSA) is 93.9 Å². The van der Waals surface area contributed by atoms with Gasteiger partial charge in [-0.25, -0.2) is 9.59 Å². The standard InChI is InChI=1S/C22H21N3O5/c26-21(30-17-8-15-12-29-13-16(9-17)25(15)22(27)28)19-11-24(14-4-3-7-23-10-14)20-6-2-1-5-18(19)20/h1-7,10-11,15-17H,8-9,12-13H2,(H,27,28). The van der Waals surface area contributed by atoms with E-state index in [0.717, 1.165) is 16.6 Å². The summed E-state index contributed by atoms with van der Waals surface area (Å²) in [4.78, 5) is 30.3. The summed E-state index contributed by atoms with van der Waals surface area (Å²) in [6, 6.07) is 10.9. The number of carbonyl (C=O) groups excluding carboxylic acids is 1. The smallest absolute Gasteiger partial charge is 0.407 e. The van der Waals surface area contributed by atoms with Crippen LogP contribution in [-0.2, 0) is 9.47 Å². The van der Waals surface area contributed by atoms with Crippen LogP contribution in [0.3, 0.4) is 0 Å². The van der Waals surface area contributed by atoms with Crippen molar-refractivity contribution in [1.29, 1.82) is 0 Å². The molecule has 2 aromatic heterocycles. The van der Waals surface area contributed by atoms with Crippen molar-refractivity contribution in [2.75, 3.05) is 13.2 Å². The zero-order valence-electron chi connectivity index (χ0n) is 16.2. The van der Waals surface area contributed by atoms with E-state index in [-0.39, 0.29) is 18.2 Å². The first-order valence-electron chi connectivity index (χ1n) is 9.92. The summed E-state index contributed by atoms with van der Waals surface area (Å²) in [6.07, 6.45) is 4.81. The molecule has 0 spiro atoms. The van der Waals surface area contributed by atoms with Crippen LogP contribution in [-0.4, -0.2) is 63.0 Å². The molecule has 1 aromatic carbocycles. The Hall–Kier alpha value is -3.39.